The van der Waals surface area contributed by atoms with Gasteiger partial charge in [-0.25, -0.2) is 0 Å². The Labute approximate surface area is 137 Å². The Kier molecular flexibility index (Phi) is 5.22. The average molecular weight is 332 g/mol. The number of nitrogens with zero attached hydrogens (tertiary/aromatic N) is 2. The number of aliphatic hydroxyl groups is 2. The van der Waals surface area contributed by atoms with Gasteiger partial charge in [-0.15, -0.1) is 0 Å². The highest BCUT2D eigenvalue weighted by Crippen LogP contribution is 2.26. The van der Waals surface area contributed by atoms with Crippen molar-refractivity contribution in [2.24, 2.45) is 0 Å². The third kappa shape index (κ3) is 4.34. The maximum absolute atomic E-state index is 11.0. The van der Waals surface area contributed by atoms with E-state index in [1.54, 1.807) is 18.2 Å². The predicted octanol–water partition coefficient (Wildman–Crippen LogP) is 2.36. The van der Waals surface area contributed by atoms with Gasteiger partial charge in [0, 0.05) is 36.1 Å². The molecular formula is C16H16N2O6. The van der Waals surface area contributed by atoms with Gasteiger partial charge in [0.1, 0.15) is 0 Å². The van der Waals surface area contributed by atoms with Crippen LogP contribution < -0.4 is 0 Å². The van der Waals surface area contributed by atoms with Crippen molar-refractivity contribution in [1.82, 2.24) is 0 Å². The molecule has 0 unspecified atom stereocenters. The Hall–Kier alpha value is -2.84. The van der Waals surface area contributed by atoms with Crippen molar-refractivity contribution in [3.05, 3.63) is 79.9 Å². The van der Waals surface area contributed by atoms with Crippen LogP contribution in [-0.2, 0) is 12.8 Å². The molecule has 0 saturated heterocycles. The highest BCUT2D eigenvalue weighted by Gasteiger charge is 2.28. The molecule has 0 radical (unpaired) electrons. The van der Waals surface area contributed by atoms with E-state index in [0.29, 0.717) is 5.56 Å². The van der Waals surface area contributed by atoms with Crippen LogP contribution in [0.3, 0.4) is 0 Å². The fourth-order valence-electron chi connectivity index (χ4n) is 2.47. The minimum Gasteiger partial charge on any atom is -0.365 e. The largest absolute Gasteiger partial charge is 0.365 e. The second kappa shape index (κ2) is 7.16. The van der Waals surface area contributed by atoms with Crippen LogP contribution in [0.15, 0.2) is 48.5 Å². The van der Waals surface area contributed by atoms with Crippen molar-refractivity contribution in [2.75, 3.05) is 0 Å². The van der Waals surface area contributed by atoms with Gasteiger partial charge < -0.3 is 10.2 Å². The molecule has 126 valence electrons. The Bertz CT molecular complexity index is 760. The summed E-state index contributed by atoms with van der Waals surface area (Å²) >= 11 is 0. The molecule has 0 atom stereocenters. The third-order valence-electron chi connectivity index (χ3n) is 3.64. The van der Waals surface area contributed by atoms with Crippen LogP contribution in [0.25, 0.3) is 0 Å². The van der Waals surface area contributed by atoms with Gasteiger partial charge in [-0.2, -0.15) is 0 Å². The first-order chi connectivity index (χ1) is 11.3. The minimum atomic E-state index is -2.21. The number of hydrogen-bond acceptors (Lipinski definition) is 6. The first kappa shape index (κ1) is 17.5. The molecule has 0 amide bonds. The van der Waals surface area contributed by atoms with Crippen LogP contribution in [0.4, 0.5) is 11.4 Å². The molecule has 24 heavy (non-hydrogen) atoms. The molecule has 0 fully saturated rings. The van der Waals surface area contributed by atoms with Crippen molar-refractivity contribution in [1.29, 1.82) is 0 Å². The molecule has 8 heteroatoms. The lowest BCUT2D eigenvalue weighted by Gasteiger charge is -2.21. The summed E-state index contributed by atoms with van der Waals surface area (Å²) in [6.07, 6.45) is -0.473. The van der Waals surface area contributed by atoms with Crippen molar-refractivity contribution in [2.45, 2.75) is 25.0 Å². The van der Waals surface area contributed by atoms with E-state index in [1.807, 2.05) is 0 Å². The predicted molar refractivity (Wildman–Crippen MR) is 85.4 cm³/mol. The molecule has 8 nitrogen and oxygen atoms in total. The van der Waals surface area contributed by atoms with Gasteiger partial charge in [0.05, 0.1) is 9.85 Å². The van der Waals surface area contributed by atoms with Gasteiger partial charge in [0.15, 0.2) is 5.79 Å². The number of aryl methyl sites for hydroxylation is 1. The maximum Gasteiger partial charge on any atom is 0.272 e. The number of para-hydroxylation sites is 2. The molecular weight excluding hydrogens is 316 g/mol. The van der Waals surface area contributed by atoms with Crippen molar-refractivity contribution >= 4 is 11.4 Å². The minimum absolute atomic E-state index is 0.0603. The van der Waals surface area contributed by atoms with E-state index >= 15 is 0 Å². The van der Waals surface area contributed by atoms with E-state index < -0.39 is 15.6 Å². The lowest BCUT2D eigenvalue weighted by atomic mass is 9.96. The Morgan fingerprint density at radius 2 is 1.29 bits per heavy atom. The van der Waals surface area contributed by atoms with Crippen LogP contribution in [0.1, 0.15) is 17.5 Å². The van der Waals surface area contributed by atoms with E-state index in [2.05, 4.69) is 0 Å². The van der Waals surface area contributed by atoms with Gasteiger partial charge in [-0.3, -0.25) is 20.2 Å². The molecule has 0 aromatic heterocycles. The molecule has 2 aromatic rings. The Morgan fingerprint density at radius 3 is 1.83 bits per heavy atom. The van der Waals surface area contributed by atoms with Gasteiger partial charge in [0.25, 0.3) is 11.4 Å². The van der Waals surface area contributed by atoms with Gasteiger partial charge in [0.2, 0.25) is 0 Å². The van der Waals surface area contributed by atoms with Crippen LogP contribution in [0, 0.1) is 20.2 Å². The summed E-state index contributed by atoms with van der Waals surface area (Å²) < 4.78 is 0. The highest BCUT2D eigenvalue weighted by atomic mass is 16.6. The smallest absolute Gasteiger partial charge is 0.272 e. The van der Waals surface area contributed by atoms with E-state index in [1.165, 1.54) is 30.3 Å². The number of rotatable bonds is 7. The second-order valence-corrected chi connectivity index (χ2v) is 5.43. The van der Waals surface area contributed by atoms with Crippen LogP contribution in [-0.4, -0.2) is 25.8 Å². The first-order valence-corrected chi connectivity index (χ1v) is 7.19. The topological polar surface area (TPSA) is 127 Å². The molecule has 2 rings (SSSR count). The Morgan fingerprint density at radius 1 is 0.833 bits per heavy atom. The van der Waals surface area contributed by atoms with E-state index in [0.717, 1.165) is 0 Å². The fraction of sp³-hybridized carbons (Fsp3) is 0.250. The van der Waals surface area contributed by atoms with Gasteiger partial charge >= 0.3 is 0 Å². The van der Waals surface area contributed by atoms with Crippen LogP contribution >= 0.6 is 0 Å². The summed E-state index contributed by atoms with van der Waals surface area (Å²) in [5.74, 6) is -2.21. The SMILES string of the molecule is O=[N+]([O-])c1ccccc1CCC(O)(O)Cc1ccccc1[N+](=O)[O-]. The molecule has 2 aromatic carbocycles. The summed E-state index contributed by atoms with van der Waals surface area (Å²) in [4.78, 5) is 20.8. The lowest BCUT2D eigenvalue weighted by Crippen LogP contribution is -2.32. The normalized spacial score (nSPS) is 11.2. The van der Waals surface area contributed by atoms with Gasteiger partial charge in [-0.05, 0) is 6.42 Å². The zero-order valence-electron chi connectivity index (χ0n) is 12.7. The van der Waals surface area contributed by atoms with Crippen LogP contribution in [0.5, 0.6) is 0 Å². The number of nitro benzene ring substituents is 2. The summed E-state index contributed by atoms with van der Waals surface area (Å²) in [6, 6.07) is 11.8. The fourth-order valence-corrected chi connectivity index (χ4v) is 2.47. The highest BCUT2D eigenvalue weighted by molar-refractivity contribution is 5.41. The van der Waals surface area contributed by atoms with Crippen molar-refractivity contribution in [3.8, 4) is 0 Å². The van der Waals surface area contributed by atoms with Crippen LogP contribution in [0.2, 0.25) is 0 Å². The molecule has 0 aliphatic rings. The monoisotopic (exact) mass is 332 g/mol. The molecule has 0 bridgehead atoms. The van der Waals surface area contributed by atoms with Crippen molar-refractivity contribution < 1.29 is 20.1 Å². The molecule has 0 aliphatic heterocycles. The van der Waals surface area contributed by atoms with E-state index in [4.69, 9.17) is 0 Å². The molecule has 0 saturated carbocycles. The second-order valence-electron chi connectivity index (χ2n) is 5.43. The maximum atomic E-state index is 11.0. The summed E-state index contributed by atoms with van der Waals surface area (Å²) in [7, 11) is 0. The molecule has 2 N–H and O–H groups in total. The Balaban J connectivity index is 2.13. The molecule has 0 aliphatic carbocycles. The zero-order valence-corrected chi connectivity index (χ0v) is 12.7. The molecule has 0 spiro atoms. The van der Waals surface area contributed by atoms with Crippen molar-refractivity contribution in [3.63, 3.8) is 0 Å². The average Bonchev–Trinajstić information content (AvgIpc) is 2.53. The standard InChI is InChI=1S/C16H16N2O6/c19-16(20,11-13-6-2-4-8-15(13)18(23)24)10-9-12-5-1-3-7-14(12)17(21)22/h1-8,19-20H,9-11H2. The first-order valence-electron chi connectivity index (χ1n) is 7.19. The number of hydrogen-bond donors (Lipinski definition) is 2. The number of benzene rings is 2. The summed E-state index contributed by atoms with van der Waals surface area (Å²) in [6.45, 7) is 0. The number of nitro groups is 2. The summed E-state index contributed by atoms with van der Waals surface area (Å²) in [5.41, 5.74) is 0.266. The van der Waals surface area contributed by atoms with Gasteiger partial charge in [-0.1, -0.05) is 36.4 Å². The third-order valence-corrected chi connectivity index (χ3v) is 3.64. The molecule has 0 heterocycles. The zero-order chi connectivity index (χ0) is 17.7. The quantitative estimate of drug-likeness (QED) is 0.455. The van der Waals surface area contributed by atoms with E-state index in [-0.39, 0.29) is 36.2 Å². The lowest BCUT2D eigenvalue weighted by molar-refractivity contribution is -0.386. The van der Waals surface area contributed by atoms with E-state index in [9.17, 15) is 30.4 Å². The summed E-state index contributed by atoms with van der Waals surface area (Å²) in [5, 5.41) is 42.2.